The van der Waals surface area contributed by atoms with Crippen LogP contribution in [0.1, 0.15) is 26.7 Å². The second-order valence-corrected chi connectivity index (χ2v) is 5.41. The van der Waals surface area contributed by atoms with Crippen molar-refractivity contribution in [3.05, 3.63) is 24.3 Å². The van der Waals surface area contributed by atoms with Gasteiger partial charge in [-0.05, 0) is 31.0 Å². The minimum absolute atomic E-state index is 0.617. The van der Waals surface area contributed by atoms with Gasteiger partial charge in [-0.2, -0.15) is 0 Å². The molecule has 1 aliphatic rings. The summed E-state index contributed by atoms with van der Waals surface area (Å²) in [5.41, 5.74) is 1.28. The third kappa shape index (κ3) is 4.43. The van der Waals surface area contributed by atoms with Crippen molar-refractivity contribution >= 4 is 5.69 Å². The normalized spacial score (nSPS) is 17.9. The van der Waals surface area contributed by atoms with Gasteiger partial charge in [0.1, 0.15) is 5.75 Å². The van der Waals surface area contributed by atoms with Gasteiger partial charge < -0.3 is 15.0 Å². The minimum atomic E-state index is 0.617. The molecule has 1 aliphatic heterocycles. The molecule has 0 aromatic heterocycles. The van der Waals surface area contributed by atoms with Gasteiger partial charge in [0, 0.05) is 31.4 Å². The summed E-state index contributed by atoms with van der Waals surface area (Å²) in [6.07, 6.45) is 2.37. The van der Waals surface area contributed by atoms with Gasteiger partial charge in [-0.25, -0.2) is 0 Å². The van der Waals surface area contributed by atoms with E-state index in [0.717, 1.165) is 45.0 Å². The molecular formula is C16H26N2O. The van der Waals surface area contributed by atoms with E-state index in [9.17, 15) is 0 Å². The van der Waals surface area contributed by atoms with Crippen LogP contribution < -0.4 is 15.0 Å². The lowest BCUT2D eigenvalue weighted by molar-refractivity contribution is 0.256. The highest BCUT2D eigenvalue weighted by Gasteiger charge is 2.10. The monoisotopic (exact) mass is 262 g/mol. The molecule has 1 aromatic rings. The van der Waals surface area contributed by atoms with Crippen LogP contribution in [-0.2, 0) is 0 Å². The first-order valence-corrected chi connectivity index (χ1v) is 7.48. The van der Waals surface area contributed by atoms with Gasteiger partial charge in [0.25, 0.3) is 0 Å². The maximum Gasteiger partial charge on any atom is 0.121 e. The highest BCUT2D eigenvalue weighted by molar-refractivity contribution is 5.50. The third-order valence-electron chi connectivity index (χ3n) is 3.75. The molecule has 0 spiro atoms. The Hall–Kier alpha value is -1.22. The van der Waals surface area contributed by atoms with Crippen molar-refractivity contribution in [1.82, 2.24) is 5.32 Å². The number of rotatable bonds is 5. The highest BCUT2D eigenvalue weighted by atomic mass is 16.5. The van der Waals surface area contributed by atoms with E-state index in [2.05, 4.69) is 48.3 Å². The number of hydrogen-bond donors (Lipinski definition) is 1. The van der Waals surface area contributed by atoms with E-state index in [4.69, 9.17) is 4.74 Å². The van der Waals surface area contributed by atoms with Crippen LogP contribution in [0.4, 0.5) is 5.69 Å². The maximum absolute atomic E-state index is 5.88. The Morgan fingerprint density at radius 1 is 1.32 bits per heavy atom. The maximum atomic E-state index is 5.88. The molecule has 1 fully saturated rings. The second kappa shape index (κ2) is 7.39. The molecule has 2 rings (SSSR count). The molecular weight excluding hydrogens is 236 g/mol. The van der Waals surface area contributed by atoms with Crippen molar-refractivity contribution < 1.29 is 4.74 Å². The van der Waals surface area contributed by atoms with E-state index >= 15 is 0 Å². The van der Waals surface area contributed by atoms with Crippen LogP contribution in [0.5, 0.6) is 5.75 Å². The van der Waals surface area contributed by atoms with Crippen molar-refractivity contribution in [2.75, 3.05) is 37.7 Å². The zero-order valence-corrected chi connectivity index (χ0v) is 12.2. The lowest BCUT2D eigenvalue weighted by atomic mass is 10.1. The Labute approximate surface area is 116 Å². The summed E-state index contributed by atoms with van der Waals surface area (Å²) >= 11 is 0. The summed E-state index contributed by atoms with van der Waals surface area (Å²) in [5, 5.41) is 3.44. The van der Waals surface area contributed by atoms with Crippen molar-refractivity contribution in [3.63, 3.8) is 0 Å². The first-order valence-electron chi connectivity index (χ1n) is 7.48. The zero-order chi connectivity index (χ0) is 13.5. The molecule has 1 unspecified atom stereocenters. The number of anilines is 1. The van der Waals surface area contributed by atoms with E-state index in [0.29, 0.717) is 5.92 Å². The summed E-state index contributed by atoms with van der Waals surface area (Å²) < 4.78 is 5.88. The average Bonchev–Trinajstić information content (AvgIpc) is 2.74. The molecule has 1 atom stereocenters. The van der Waals surface area contributed by atoms with Crippen LogP contribution in [0, 0.1) is 5.92 Å². The molecule has 3 heteroatoms. The Kier molecular flexibility index (Phi) is 5.52. The summed E-state index contributed by atoms with van der Waals surface area (Å²) in [6, 6.07) is 8.51. The number of nitrogens with one attached hydrogen (secondary N) is 1. The summed E-state index contributed by atoms with van der Waals surface area (Å²) in [7, 11) is 0. The van der Waals surface area contributed by atoms with Crippen molar-refractivity contribution in [2.24, 2.45) is 5.92 Å². The van der Waals surface area contributed by atoms with E-state index in [1.165, 1.54) is 12.1 Å². The average molecular weight is 262 g/mol. The minimum Gasteiger partial charge on any atom is -0.493 e. The molecule has 1 aromatic carbocycles. The number of hydrogen-bond acceptors (Lipinski definition) is 3. The van der Waals surface area contributed by atoms with E-state index in [-0.39, 0.29) is 0 Å². The van der Waals surface area contributed by atoms with Crippen LogP contribution >= 0.6 is 0 Å². The topological polar surface area (TPSA) is 24.5 Å². The number of benzene rings is 1. The van der Waals surface area contributed by atoms with Gasteiger partial charge in [0.05, 0.1) is 6.61 Å². The third-order valence-corrected chi connectivity index (χ3v) is 3.75. The summed E-state index contributed by atoms with van der Waals surface area (Å²) in [5.74, 6) is 1.61. The van der Waals surface area contributed by atoms with Crippen molar-refractivity contribution in [1.29, 1.82) is 0 Å². The fourth-order valence-electron chi connectivity index (χ4n) is 2.23. The van der Waals surface area contributed by atoms with Crippen LogP contribution in [0.25, 0.3) is 0 Å². The van der Waals surface area contributed by atoms with E-state index in [1.807, 2.05) is 0 Å². The number of ether oxygens (including phenoxy) is 1. The van der Waals surface area contributed by atoms with Crippen LogP contribution in [0.2, 0.25) is 0 Å². The molecule has 3 nitrogen and oxygen atoms in total. The van der Waals surface area contributed by atoms with E-state index < -0.39 is 0 Å². The SMILES string of the molecule is CCC(C)COc1cccc(N2CCCNCC2)c1. The molecule has 0 saturated carbocycles. The Morgan fingerprint density at radius 2 is 2.21 bits per heavy atom. The Bertz CT molecular complexity index is 373. The van der Waals surface area contributed by atoms with Gasteiger partial charge >= 0.3 is 0 Å². The Balaban J connectivity index is 1.97. The molecule has 19 heavy (non-hydrogen) atoms. The fraction of sp³-hybridized carbons (Fsp3) is 0.625. The van der Waals surface area contributed by atoms with Gasteiger partial charge in [-0.3, -0.25) is 0 Å². The quantitative estimate of drug-likeness (QED) is 0.883. The highest BCUT2D eigenvalue weighted by Crippen LogP contribution is 2.22. The van der Waals surface area contributed by atoms with Crippen LogP contribution in [0.3, 0.4) is 0 Å². The molecule has 0 aliphatic carbocycles. The van der Waals surface area contributed by atoms with Crippen LogP contribution in [0.15, 0.2) is 24.3 Å². The number of nitrogens with zero attached hydrogens (tertiary/aromatic N) is 1. The molecule has 1 heterocycles. The lowest BCUT2D eigenvalue weighted by Gasteiger charge is -2.23. The van der Waals surface area contributed by atoms with Gasteiger partial charge in [0.15, 0.2) is 0 Å². The van der Waals surface area contributed by atoms with Gasteiger partial charge in [0.2, 0.25) is 0 Å². The van der Waals surface area contributed by atoms with Crippen LogP contribution in [-0.4, -0.2) is 32.8 Å². The molecule has 0 radical (unpaired) electrons. The zero-order valence-electron chi connectivity index (χ0n) is 12.2. The standard InChI is InChI=1S/C16H26N2O/c1-3-14(2)13-19-16-7-4-6-15(12-16)18-10-5-8-17-9-11-18/h4,6-7,12,14,17H,3,5,8-11,13H2,1-2H3. The van der Waals surface area contributed by atoms with Gasteiger partial charge in [-0.15, -0.1) is 0 Å². The largest absolute Gasteiger partial charge is 0.493 e. The lowest BCUT2D eigenvalue weighted by Crippen LogP contribution is -2.27. The van der Waals surface area contributed by atoms with E-state index in [1.54, 1.807) is 0 Å². The Morgan fingerprint density at radius 3 is 3.05 bits per heavy atom. The smallest absolute Gasteiger partial charge is 0.121 e. The first kappa shape index (κ1) is 14.2. The fourth-order valence-corrected chi connectivity index (χ4v) is 2.23. The van der Waals surface area contributed by atoms with Crippen molar-refractivity contribution in [2.45, 2.75) is 26.7 Å². The second-order valence-electron chi connectivity index (χ2n) is 5.41. The first-order chi connectivity index (χ1) is 9.29. The van der Waals surface area contributed by atoms with Gasteiger partial charge in [-0.1, -0.05) is 26.3 Å². The predicted octanol–water partition coefficient (Wildman–Crippen LogP) is 2.91. The summed E-state index contributed by atoms with van der Waals surface area (Å²) in [4.78, 5) is 2.44. The predicted molar refractivity (Wildman–Crippen MR) is 81.1 cm³/mol. The molecule has 0 bridgehead atoms. The van der Waals surface area contributed by atoms with Crippen molar-refractivity contribution in [3.8, 4) is 5.75 Å². The molecule has 1 saturated heterocycles. The molecule has 106 valence electrons. The molecule has 1 N–H and O–H groups in total. The summed E-state index contributed by atoms with van der Waals surface area (Å²) in [6.45, 7) is 9.63. The molecule has 0 amide bonds.